The van der Waals surface area contributed by atoms with Crippen LogP contribution in [0.2, 0.25) is 0 Å². The Morgan fingerprint density at radius 2 is 1.85 bits per heavy atom. The third kappa shape index (κ3) is 3.66. The summed E-state index contributed by atoms with van der Waals surface area (Å²) >= 11 is 0. The maximum Gasteiger partial charge on any atom is 0.166 e. The first-order chi connectivity index (χ1) is 9.63. The average molecular weight is 277 g/mol. The van der Waals surface area contributed by atoms with Crippen molar-refractivity contribution in [2.24, 2.45) is 17.6 Å². The molecular weight excluding hydrogens is 250 g/mol. The van der Waals surface area contributed by atoms with E-state index in [1.807, 2.05) is 25.1 Å². The molecule has 0 aliphatic heterocycles. The number of para-hydroxylation sites is 1. The van der Waals surface area contributed by atoms with Crippen LogP contribution in [0.4, 0.5) is 0 Å². The predicted octanol–water partition coefficient (Wildman–Crippen LogP) is 3.75. The van der Waals surface area contributed by atoms with Crippen LogP contribution in [-0.2, 0) is 6.54 Å². The smallest absolute Gasteiger partial charge is 0.166 e. The van der Waals surface area contributed by atoms with Crippen molar-refractivity contribution in [2.75, 3.05) is 6.61 Å². The van der Waals surface area contributed by atoms with E-state index >= 15 is 0 Å². The molecular formula is C17H27NO2. The molecule has 1 aliphatic rings. The van der Waals surface area contributed by atoms with Crippen molar-refractivity contribution >= 4 is 0 Å². The minimum atomic E-state index is 0.278. The second-order valence-electron chi connectivity index (χ2n) is 6.04. The Hall–Kier alpha value is -1.22. The fourth-order valence-electron chi connectivity index (χ4n) is 3.26. The van der Waals surface area contributed by atoms with Crippen molar-refractivity contribution in [3.63, 3.8) is 0 Å². The number of hydrogen-bond acceptors (Lipinski definition) is 3. The summed E-state index contributed by atoms with van der Waals surface area (Å²) in [7, 11) is 0. The van der Waals surface area contributed by atoms with Gasteiger partial charge in [-0.15, -0.1) is 0 Å². The lowest BCUT2D eigenvalue weighted by molar-refractivity contribution is 0.0961. The molecule has 2 N–H and O–H groups in total. The minimum absolute atomic E-state index is 0.278. The van der Waals surface area contributed by atoms with Gasteiger partial charge in [-0.3, -0.25) is 0 Å². The Bertz CT molecular complexity index is 423. The second-order valence-corrected chi connectivity index (χ2v) is 6.04. The molecule has 20 heavy (non-hydrogen) atoms. The van der Waals surface area contributed by atoms with Gasteiger partial charge >= 0.3 is 0 Å². The molecule has 0 saturated heterocycles. The maximum atomic E-state index is 6.30. The van der Waals surface area contributed by atoms with E-state index in [-0.39, 0.29) is 6.10 Å². The largest absolute Gasteiger partial charge is 0.490 e. The molecule has 0 radical (unpaired) electrons. The van der Waals surface area contributed by atoms with Gasteiger partial charge in [0.15, 0.2) is 11.5 Å². The van der Waals surface area contributed by atoms with Gasteiger partial charge in [0.2, 0.25) is 0 Å². The van der Waals surface area contributed by atoms with E-state index in [0.717, 1.165) is 41.7 Å². The van der Waals surface area contributed by atoms with Gasteiger partial charge in [0.25, 0.3) is 0 Å². The van der Waals surface area contributed by atoms with Gasteiger partial charge in [0.1, 0.15) is 0 Å². The molecule has 0 heterocycles. The van der Waals surface area contributed by atoms with Crippen molar-refractivity contribution in [3.05, 3.63) is 23.8 Å². The first-order valence-electron chi connectivity index (χ1n) is 7.75. The van der Waals surface area contributed by atoms with Crippen LogP contribution < -0.4 is 15.2 Å². The monoisotopic (exact) mass is 277 g/mol. The summed E-state index contributed by atoms with van der Waals surface area (Å²) < 4.78 is 12.0. The molecule has 1 aliphatic carbocycles. The molecule has 2 unspecified atom stereocenters. The Morgan fingerprint density at radius 1 is 1.15 bits per heavy atom. The second kappa shape index (κ2) is 6.98. The van der Waals surface area contributed by atoms with Crippen molar-refractivity contribution < 1.29 is 9.47 Å². The van der Waals surface area contributed by atoms with E-state index in [4.69, 9.17) is 15.2 Å². The van der Waals surface area contributed by atoms with Gasteiger partial charge in [-0.25, -0.2) is 0 Å². The molecule has 1 saturated carbocycles. The maximum absolute atomic E-state index is 6.30. The number of rotatable bonds is 5. The molecule has 0 spiro atoms. The summed E-state index contributed by atoms with van der Waals surface area (Å²) in [4.78, 5) is 0. The third-order valence-corrected chi connectivity index (χ3v) is 4.00. The fraction of sp³-hybridized carbons (Fsp3) is 0.647. The standard InChI is InChI=1S/C17H27NO2/c1-4-19-16-7-5-6-14(11-18)17(16)20-15-9-12(2)8-13(3)10-15/h5-7,12-13,15H,4,8-11,18H2,1-3H3. The molecule has 0 amide bonds. The van der Waals surface area contributed by atoms with Crippen LogP contribution in [0.1, 0.15) is 45.6 Å². The summed E-state index contributed by atoms with van der Waals surface area (Å²) in [5, 5.41) is 0. The number of benzene rings is 1. The van der Waals surface area contributed by atoms with Gasteiger partial charge in [0, 0.05) is 12.1 Å². The zero-order valence-electron chi connectivity index (χ0n) is 12.9. The molecule has 1 aromatic carbocycles. The molecule has 3 nitrogen and oxygen atoms in total. The molecule has 112 valence electrons. The lowest BCUT2D eigenvalue weighted by Gasteiger charge is -2.32. The summed E-state index contributed by atoms with van der Waals surface area (Å²) in [6, 6.07) is 5.97. The van der Waals surface area contributed by atoms with E-state index in [1.54, 1.807) is 0 Å². The molecule has 0 bridgehead atoms. The molecule has 3 heteroatoms. The lowest BCUT2D eigenvalue weighted by atomic mass is 9.82. The van der Waals surface area contributed by atoms with E-state index in [2.05, 4.69) is 13.8 Å². The van der Waals surface area contributed by atoms with Crippen molar-refractivity contribution in [1.82, 2.24) is 0 Å². The van der Waals surface area contributed by atoms with Gasteiger partial charge < -0.3 is 15.2 Å². The van der Waals surface area contributed by atoms with Crippen LogP contribution in [0.15, 0.2) is 18.2 Å². The van der Waals surface area contributed by atoms with Crippen LogP contribution in [0.5, 0.6) is 11.5 Å². The summed E-state index contributed by atoms with van der Waals surface area (Å²) in [6.07, 6.45) is 3.82. The Labute approximate surface area is 122 Å². The number of ether oxygens (including phenoxy) is 2. The third-order valence-electron chi connectivity index (χ3n) is 4.00. The van der Waals surface area contributed by atoms with E-state index in [0.29, 0.717) is 13.2 Å². The summed E-state index contributed by atoms with van der Waals surface area (Å²) in [6.45, 7) is 7.73. The highest BCUT2D eigenvalue weighted by Gasteiger charge is 2.26. The van der Waals surface area contributed by atoms with Crippen LogP contribution in [0.3, 0.4) is 0 Å². The number of nitrogens with two attached hydrogens (primary N) is 1. The van der Waals surface area contributed by atoms with Crippen molar-refractivity contribution in [2.45, 2.75) is 52.7 Å². The van der Waals surface area contributed by atoms with Gasteiger partial charge in [-0.2, -0.15) is 0 Å². The predicted molar refractivity (Wildman–Crippen MR) is 82.1 cm³/mol. The molecule has 1 fully saturated rings. The molecule has 2 atom stereocenters. The SMILES string of the molecule is CCOc1cccc(CN)c1OC1CC(C)CC(C)C1. The van der Waals surface area contributed by atoms with Gasteiger partial charge in [0.05, 0.1) is 12.7 Å². The van der Waals surface area contributed by atoms with E-state index in [9.17, 15) is 0 Å². The number of hydrogen-bond donors (Lipinski definition) is 1. The normalized spacial score (nSPS) is 26.3. The van der Waals surface area contributed by atoms with Crippen LogP contribution >= 0.6 is 0 Å². The van der Waals surface area contributed by atoms with E-state index < -0.39 is 0 Å². The summed E-state index contributed by atoms with van der Waals surface area (Å²) in [5.41, 5.74) is 6.87. The molecule has 0 aromatic heterocycles. The molecule has 2 rings (SSSR count). The Kier molecular flexibility index (Phi) is 5.30. The van der Waals surface area contributed by atoms with Gasteiger partial charge in [-0.05, 0) is 44.1 Å². The highest BCUT2D eigenvalue weighted by Crippen LogP contribution is 2.36. The molecule has 1 aromatic rings. The highest BCUT2D eigenvalue weighted by atomic mass is 16.5. The Balaban J connectivity index is 2.18. The first-order valence-corrected chi connectivity index (χ1v) is 7.75. The van der Waals surface area contributed by atoms with E-state index in [1.165, 1.54) is 6.42 Å². The minimum Gasteiger partial charge on any atom is -0.490 e. The van der Waals surface area contributed by atoms with Crippen molar-refractivity contribution in [1.29, 1.82) is 0 Å². The Morgan fingerprint density at radius 3 is 2.45 bits per heavy atom. The first kappa shape index (κ1) is 15.2. The van der Waals surface area contributed by atoms with Crippen LogP contribution in [0, 0.1) is 11.8 Å². The van der Waals surface area contributed by atoms with Gasteiger partial charge in [-0.1, -0.05) is 26.0 Å². The van der Waals surface area contributed by atoms with Crippen LogP contribution in [-0.4, -0.2) is 12.7 Å². The summed E-state index contributed by atoms with van der Waals surface area (Å²) in [5.74, 6) is 3.12. The van der Waals surface area contributed by atoms with Crippen molar-refractivity contribution in [3.8, 4) is 11.5 Å². The lowest BCUT2D eigenvalue weighted by Crippen LogP contribution is -2.29. The quantitative estimate of drug-likeness (QED) is 0.891. The zero-order valence-corrected chi connectivity index (χ0v) is 12.9. The topological polar surface area (TPSA) is 44.5 Å². The zero-order chi connectivity index (χ0) is 14.5. The van der Waals surface area contributed by atoms with Crippen LogP contribution in [0.25, 0.3) is 0 Å². The highest BCUT2D eigenvalue weighted by molar-refractivity contribution is 5.46. The average Bonchev–Trinajstić information content (AvgIpc) is 2.40. The fourth-order valence-corrected chi connectivity index (χ4v) is 3.26.